The van der Waals surface area contributed by atoms with E-state index in [9.17, 15) is 0 Å². The molecule has 0 spiro atoms. The first-order chi connectivity index (χ1) is 7.81. The molecular formula is C9H12N6O. The summed E-state index contributed by atoms with van der Waals surface area (Å²) in [7, 11) is 0. The van der Waals surface area contributed by atoms with Crippen molar-refractivity contribution < 1.29 is 4.42 Å². The van der Waals surface area contributed by atoms with E-state index in [1.54, 1.807) is 18.4 Å². The Balaban J connectivity index is 2.02. The van der Waals surface area contributed by atoms with Crippen molar-refractivity contribution in [2.24, 2.45) is 5.10 Å². The zero-order valence-electron chi connectivity index (χ0n) is 8.79. The average molecular weight is 220 g/mol. The number of nitrogen functional groups attached to an aromatic ring is 1. The predicted molar refractivity (Wildman–Crippen MR) is 59.5 cm³/mol. The van der Waals surface area contributed by atoms with E-state index < -0.39 is 0 Å². The Morgan fingerprint density at radius 1 is 1.62 bits per heavy atom. The van der Waals surface area contributed by atoms with Crippen molar-refractivity contribution in [1.82, 2.24) is 14.9 Å². The highest BCUT2D eigenvalue weighted by Gasteiger charge is 2.05. The number of aromatic nitrogens is 3. The van der Waals surface area contributed by atoms with Crippen molar-refractivity contribution in [2.75, 3.05) is 11.3 Å². The number of hydrogen-bond acceptors (Lipinski definition) is 6. The molecule has 0 amide bonds. The third-order valence-corrected chi connectivity index (χ3v) is 1.98. The summed E-state index contributed by atoms with van der Waals surface area (Å²) in [6.07, 6.45) is 3.81. The molecule has 0 fully saturated rings. The number of hydrazone groups is 1. The number of nitrogens with zero attached hydrogens (tertiary/aromatic N) is 4. The Hall–Kier alpha value is -2.31. The largest absolute Gasteiger partial charge is 0.463 e. The Kier molecular flexibility index (Phi) is 2.86. The number of nitrogens with one attached hydrogen (secondary N) is 1. The molecule has 2 aromatic rings. The lowest BCUT2D eigenvalue weighted by atomic mass is 10.5. The molecule has 0 unspecified atom stereocenters. The van der Waals surface area contributed by atoms with Crippen LogP contribution in [0.15, 0.2) is 27.9 Å². The zero-order chi connectivity index (χ0) is 11.4. The maximum absolute atomic E-state index is 5.71. The molecule has 0 saturated heterocycles. The molecule has 0 aliphatic heterocycles. The van der Waals surface area contributed by atoms with E-state index in [2.05, 4.69) is 20.7 Å². The van der Waals surface area contributed by atoms with Crippen LogP contribution in [-0.4, -0.2) is 21.1 Å². The first-order valence-electron chi connectivity index (χ1n) is 4.83. The second kappa shape index (κ2) is 4.47. The van der Waals surface area contributed by atoms with Crippen molar-refractivity contribution in [3.8, 4) is 0 Å². The van der Waals surface area contributed by atoms with Crippen molar-refractivity contribution in [1.29, 1.82) is 0 Å². The molecule has 0 atom stereocenters. The lowest BCUT2D eigenvalue weighted by molar-refractivity contribution is 0.560. The highest BCUT2D eigenvalue weighted by Crippen LogP contribution is 2.03. The van der Waals surface area contributed by atoms with Gasteiger partial charge in [-0.3, -0.25) is 0 Å². The van der Waals surface area contributed by atoms with Crippen molar-refractivity contribution in [3.63, 3.8) is 0 Å². The highest BCUT2D eigenvalue weighted by molar-refractivity contribution is 5.76. The second-order valence-electron chi connectivity index (χ2n) is 3.05. The van der Waals surface area contributed by atoms with Gasteiger partial charge in [0.05, 0.1) is 12.5 Å². The van der Waals surface area contributed by atoms with E-state index in [0.717, 1.165) is 0 Å². The average Bonchev–Trinajstić information content (AvgIpc) is 2.90. The van der Waals surface area contributed by atoms with Gasteiger partial charge in [0.2, 0.25) is 0 Å². The molecule has 7 heteroatoms. The summed E-state index contributed by atoms with van der Waals surface area (Å²) in [6.45, 7) is 1.95. The molecule has 84 valence electrons. The summed E-state index contributed by atoms with van der Waals surface area (Å²) in [5, 5.41) is 11.6. The first kappa shape index (κ1) is 10.2. The topological polar surface area (TPSA) is 94.3 Å². The Labute approximate surface area is 91.9 Å². The van der Waals surface area contributed by atoms with E-state index >= 15 is 0 Å². The van der Waals surface area contributed by atoms with E-state index in [4.69, 9.17) is 10.3 Å². The van der Waals surface area contributed by atoms with E-state index in [1.165, 1.54) is 10.9 Å². The third-order valence-electron chi connectivity index (χ3n) is 1.98. The van der Waals surface area contributed by atoms with Crippen molar-refractivity contribution >= 4 is 12.2 Å². The van der Waals surface area contributed by atoms with Gasteiger partial charge >= 0.3 is 0 Å². The Bertz CT molecular complexity index is 472. The van der Waals surface area contributed by atoms with Crippen LogP contribution in [0.1, 0.15) is 18.5 Å². The molecule has 0 saturated carbocycles. The molecule has 0 aromatic carbocycles. The molecule has 0 radical (unpaired) electrons. The van der Waals surface area contributed by atoms with Crippen LogP contribution in [0.4, 0.5) is 5.95 Å². The van der Waals surface area contributed by atoms with Crippen LogP contribution in [0, 0.1) is 0 Å². The van der Waals surface area contributed by atoms with Gasteiger partial charge in [-0.15, -0.1) is 10.2 Å². The minimum absolute atomic E-state index is 0.389. The summed E-state index contributed by atoms with van der Waals surface area (Å²) in [6, 6.07) is 3.57. The number of nitrogens with two attached hydrogens (primary N) is 1. The van der Waals surface area contributed by atoms with Gasteiger partial charge in [-0.25, -0.2) is 10.1 Å². The molecule has 0 bridgehead atoms. The zero-order valence-corrected chi connectivity index (χ0v) is 8.79. The quantitative estimate of drug-likeness (QED) is 0.447. The van der Waals surface area contributed by atoms with Gasteiger partial charge in [0.25, 0.3) is 5.95 Å². The molecule has 0 aliphatic carbocycles. The summed E-state index contributed by atoms with van der Waals surface area (Å²) in [4.78, 5) is 0. The predicted octanol–water partition coefficient (Wildman–Crippen LogP) is 0.593. The van der Waals surface area contributed by atoms with Gasteiger partial charge in [-0.2, -0.15) is 5.10 Å². The van der Waals surface area contributed by atoms with Crippen LogP contribution >= 0.6 is 0 Å². The number of furan rings is 1. The lowest BCUT2D eigenvalue weighted by Gasteiger charge is -1.99. The van der Waals surface area contributed by atoms with Crippen molar-refractivity contribution in [3.05, 3.63) is 30.0 Å². The van der Waals surface area contributed by atoms with Gasteiger partial charge in [-0.05, 0) is 12.1 Å². The fourth-order valence-corrected chi connectivity index (χ4v) is 1.16. The van der Waals surface area contributed by atoms with Gasteiger partial charge in [0.1, 0.15) is 5.76 Å². The highest BCUT2D eigenvalue weighted by atomic mass is 16.3. The third kappa shape index (κ3) is 2.02. The van der Waals surface area contributed by atoms with Crippen molar-refractivity contribution in [2.45, 2.75) is 13.3 Å². The Morgan fingerprint density at radius 3 is 3.12 bits per heavy atom. The van der Waals surface area contributed by atoms with Gasteiger partial charge in [-0.1, -0.05) is 6.92 Å². The molecule has 7 nitrogen and oxygen atoms in total. The fraction of sp³-hybridized carbons (Fsp3) is 0.222. The lowest BCUT2D eigenvalue weighted by Crippen LogP contribution is -2.14. The molecule has 2 heterocycles. The van der Waals surface area contributed by atoms with Crippen LogP contribution in [-0.2, 0) is 6.42 Å². The summed E-state index contributed by atoms with van der Waals surface area (Å²) >= 11 is 0. The van der Waals surface area contributed by atoms with Gasteiger partial charge < -0.3 is 10.3 Å². The van der Waals surface area contributed by atoms with Crippen LogP contribution in [0.3, 0.4) is 0 Å². The minimum atomic E-state index is 0.389. The SMILES string of the molecule is CCc1nnc(N/N=C/c2ccco2)n1N. The minimum Gasteiger partial charge on any atom is -0.463 e. The molecule has 2 aromatic heterocycles. The van der Waals surface area contributed by atoms with Crippen LogP contribution in [0.2, 0.25) is 0 Å². The number of rotatable bonds is 4. The van der Waals surface area contributed by atoms with E-state index in [-0.39, 0.29) is 0 Å². The maximum Gasteiger partial charge on any atom is 0.263 e. The summed E-state index contributed by atoms with van der Waals surface area (Å²) in [5.41, 5.74) is 2.68. The normalized spacial score (nSPS) is 11.1. The van der Waals surface area contributed by atoms with Crippen LogP contribution in [0.5, 0.6) is 0 Å². The van der Waals surface area contributed by atoms with E-state index in [0.29, 0.717) is 24.0 Å². The molecule has 16 heavy (non-hydrogen) atoms. The summed E-state index contributed by atoms with van der Waals surface area (Å²) < 4.78 is 6.43. The smallest absolute Gasteiger partial charge is 0.263 e. The monoisotopic (exact) mass is 220 g/mol. The molecular weight excluding hydrogens is 208 g/mol. The molecule has 0 aliphatic rings. The van der Waals surface area contributed by atoms with E-state index in [1.807, 2.05) is 6.92 Å². The van der Waals surface area contributed by atoms with Gasteiger partial charge in [0, 0.05) is 6.42 Å². The second-order valence-corrected chi connectivity index (χ2v) is 3.05. The Morgan fingerprint density at radius 2 is 2.50 bits per heavy atom. The van der Waals surface area contributed by atoms with Crippen LogP contribution < -0.4 is 11.3 Å². The number of anilines is 1. The molecule has 2 rings (SSSR count). The standard InChI is InChI=1S/C9H12N6O/c1-2-8-12-14-9(15(8)10)13-11-6-7-4-3-5-16-7/h3-6H,2,10H2,1H3,(H,13,14)/b11-6+. The summed E-state index contributed by atoms with van der Waals surface area (Å²) in [5.74, 6) is 7.43. The van der Waals surface area contributed by atoms with Crippen LogP contribution in [0.25, 0.3) is 0 Å². The maximum atomic E-state index is 5.71. The fourth-order valence-electron chi connectivity index (χ4n) is 1.16. The number of aryl methyl sites for hydroxylation is 1. The van der Waals surface area contributed by atoms with Gasteiger partial charge in [0.15, 0.2) is 5.82 Å². The molecule has 3 N–H and O–H groups in total. The first-order valence-corrected chi connectivity index (χ1v) is 4.83. The number of hydrogen-bond donors (Lipinski definition) is 2.